The Labute approximate surface area is 160 Å². The average Bonchev–Trinajstić information content (AvgIpc) is 2.61. The van der Waals surface area contributed by atoms with E-state index >= 15 is 0 Å². The first kappa shape index (κ1) is 19.6. The molecule has 0 bridgehead atoms. The van der Waals surface area contributed by atoms with Gasteiger partial charge in [0.25, 0.3) is 5.91 Å². The Hall–Kier alpha value is -1.70. The number of hydrogen-bond donors (Lipinski definition) is 1. The quantitative estimate of drug-likeness (QED) is 0.810. The fourth-order valence-corrected chi connectivity index (χ4v) is 3.02. The number of hydrogen-bond acceptors (Lipinski definition) is 4. The average molecular weight is 431 g/mol. The lowest BCUT2D eigenvalue weighted by atomic mass is 10.1. The molecule has 3 rings (SSSR count). The highest BCUT2D eigenvalue weighted by Gasteiger charge is 2.28. The van der Waals surface area contributed by atoms with Gasteiger partial charge in [0, 0.05) is 36.5 Å². The monoisotopic (exact) mass is 429 g/mol. The summed E-state index contributed by atoms with van der Waals surface area (Å²) >= 11 is 3.19. The molecule has 1 aromatic heterocycles. The van der Waals surface area contributed by atoms with Gasteiger partial charge in [-0.1, -0.05) is 22.0 Å². The van der Waals surface area contributed by atoms with Gasteiger partial charge in [0.1, 0.15) is 0 Å². The Morgan fingerprint density at radius 3 is 3.00 bits per heavy atom. The summed E-state index contributed by atoms with van der Waals surface area (Å²) in [4.78, 5) is 18.4. The molecule has 5 nitrogen and oxygen atoms in total. The van der Waals surface area contributed by atoms with Crippen molar-refractivity contribution in [1.29, 1.82) is 0 Å². The number of benzene rings is 1. The van der Waals surface area contributed by atoms with Crippen LogP contribution in [0.2, 0.25) is 0 Å². The first-order valence-corrected chi connectivity index (χ1v) is 8.42. The zero-order chi connectivity index (χ0) is 16.9. The van der Waals surface area contributed by atoms with Gasteiger partial charge in [0.05, 0.1) is 6.04 Å². The first-order valence-electron chi connectivity index (χ1n) is 7.63. The molecule has 134 valence electrons. The second-order valence-electron chi connectivity index (χ2n) is 5.46. The molecule has 0 spiro atoms. The number of amides is 1. The summed E-state index contributed by atoms with van der Waals surface area (Å²) in [6.07, 6.45) is 3.46. The smallest absolute Gasteiger partial charge is 0.261 e. The number of halogens is 3. The van der Waals surface area contributed by atoms with Crippen LogP contribution in [0.15, 0.2) is 47.2 Å². The zero-order valence-corrected chi connectivity index (χ0v) is 15.7. The van der Waals surface area contributed by atoms with Crippen LogP contribution in [0.1, 0.15) is 11.6 Å². The van der Waals surface area contributed by atoms with Crippen LogP contribution in [0, 0.1) is 5.82 Å². The lowest BCUT2D eigenvalue weighted by molar-refractivity contribution is -0.136. The summed E-state index contributed by atoms with van der Waals surface area (Å²) in [5, 5.41) is 3.28. The summed E-state index contributed by atoms with van der Waals surface area (Å²) in [6.45, 7) is 1.75. The molecule has 1 fully saturated rings. The Morgan fingerprint density at radius 1 is 1.44 bits per heavy atom. The molecule has 1 aromatic carbocycles. The third kappa shape index (κ3) is 4.90. The van der Waals surface area contributed by atoms with E-state index in [2.05, 4.69) is 26.2 Å². The standard InChI is InChI=1S/C17H17BrFN3O2.ClH/c18-13-3-4-16(14(19)8-13)24-11-17(23)22-7-6-21-10-15(22)12-2-1-5-20-9-12;/h1-5,8-9,15,21H,6-7,10-11H2;1H. The second kappa shape index (κ2) is 9.12. The molecular weight excluding hydrogens is 413 g/mol. The van der Waals surface area contributed by atoms with Crippen LogP contribution in [0.5, 0.6) is 5.75 Å². The van der Waals surface area contributed by atoms with Gasteiger partial charge in [-0.15, -0.1) is 12.4 Å². The van der Waals surface area contributed by atoms with Crippen molar-refractivity contribution in [2.75, 3.05) is 26.2 Å². The maximum atomic E-state index is 13.8. The van der Waals surface area contributed by atoms with Crippen molar-refractivity contribution in [2.45, 2.75) is 6.04 Å². The molecule has 1 unspecified atom stereocenters. The molecular formula is C17H18BrClFN3O2. The highest BCUT2D eigenvalue weighted by Crippen LogP contribution is 2.23. The van der Waals surface area contributed by atoms with Gasteiger partial charge in [0.15, 0.2) is 18.2 Å². The molecule has 0 radical (unpaired) electrons. The molecule has 1 aliphatic heterocycles. The fourth-order valence-electron chi connectivity index (χ4n) is 2.69. The van der Waals surface area contributed by atoms with E-state index in [1.807, 2.05) is 12.1 Å². The van der Waals surface area contributed by atoms with Gasteiger partial charge in [-0.25, -0.2) is 4.39 Å². The normalized spacial score (nSPS) is 16.9. The molecule has 25 heavy (non-hydrogen) atoms. The van der Waals surface area contributed by atoms with Crippen molar-refractivity contribution in [3.8, 4) is 5.75 Å². The van der Waals surface area contributed by atoms with Crippen molar-refractivity contribution >= 4 is 34.2 Å². The van der Waals surface area contributed by atoms with Crippen LogP contribution in [-0.4, -0.2) is 42.0 Å². The van der Waals surface area contributed by atoms with Crippen molar-refractivity contribution in [2.24, 2.45) is 0 Å². The SMILES string of the molecule is Cl.O=C(COc1ccc(Br)cc1F)N1CCNCC1c1cccnc1. The van der Waals surface area contributed by atoms with Gasteiger partial charge in [-0.3, -0.25) is 9.78 Å². The summed E-state index contributed by atoms with van der Waals surface area (Å²) in [6, 6.07) is 8.18. The molecule has 2 heterocycles. The molecule has 1 atom stereocenters. The molecule has 8 heteroatoms. The molecule has 1 N–H and O–H groups in total. The second-order valence-corrected chi connectivity index (χ2v) is 6.37. The van der Waals surface area contributed by atoms with Crippen molar-refractivity contribution in [3.63, 3.8) is 0 Å². The number of nitrogens with zero attached hydrogens (tertiary/aromatic N) is 2. The third-order valence-corrected chi connectivity index (χ3v) is 4.37. The predicted molar refractivity (Wildman–Crippen MR) is 98.4 cm³/mol. The van der Waals surface area contributed by atoms with E-state index in [0.29, 0.717) is 17.6 Å². The van der Waals surface area contributed by atoms with Gasteiger partial charge in [0.2, 0.25) is 0 Å². The molecule has 1 saturated heterocycles. The Morgan fingerprint density at radius 2 is 2.28 bits per heavy atom. The zero-order valence-electron chi connectivity index (χ0n) is 13.3. The van der Waals surface area contributed by atoms with Crippen LogP contribution in [0.3, 0.4) is 0 Å². The highest BCUT2D eigenvalue weighted by atomic mass is 79.9. The number of piperazine rings is 1. The van der Waals surface area contributed by atoms with E-state index in [1.54, 1.807) is 23.4 Å². The van der Waals surface area contributed by atoms with E-state index in [9.17, 15) is 9.18 Å². The third-order valence-electron chi connectivity index (χ3n) is 3.88. The van der Waals surface area contributed by atoms with Crippen molar-refractivity contribution in [1.82, 2.24) is 15.2 Å². The lowest BCUT2D eigenvalue weighted by Gasteiger charge is -2.36. The van der Waals surface area contributed by atoms with E-state index in [-0.39, 0.29) is 36.7 Å². The number of ether oxygens (including phenoxy) is 1. The Balaban J connectivity index is 0.00000225. The van der Waals surface area contributed by atoms with Gasteiger partial charge < -0.3 is 15.0 Å². The van der Waals surface area contributed by atoms with E-state index in [1.165, 1.54) is 12.1 Å². The van der Waals surface area contributed by atoms with E-state index < -0.39 is 5.82 Å². The van der Waals surface area contributed by atoms with E-state index in [4.69, 9.17) is 4.74 Å². The van der Waals surface area contributed by atoms with Crippen LogP contribution < -0.4 is 10.1 Å². The summed E-state index contributed by atoms with van der Waals surface area (Å²) < 4.78 is 19.8. The first-order chi connectivity index (χ1) is 11.6. The maximum absolute atomic E-state index is 13.8. The minimum atomic E-state index is -0.499. The molecule has 1 amide bonds. The topological polar surface area (TPSA) is 54.5 Å². The Kier molecular flexibility index (Phi) is 7.16. The van der Waals surface area contributed by atoms with Crippen LogP contribution in [-0.2, 0) is 4.79 Å². The van der Waals surface area contributed by atoms with Crippen LogP contribution >= 0.6 is 28.3 Å². The molecule has 1 aliphatic rings. The predicted octanol–water partition coefficient (Wildman–Crippen LogP) is 2.96. The summed E-state index contributed by atoms with van der Waals surface area (Å²) in [5.41, 5.74) is 0.966. The van der Waals surface area contributed by atoms with Crippen molar-refractivity contribution < 1.29 is 13.9 Å². The Bertz CT molecular complexity index is 720. The molecule has 0 aliphatic carbocycles. The van der Waals surface area contributed by atoms with Gasteiger partial charge in [-0.05, 0) is 29.8 Å². The molecule has 0 saturated carbocycles. The van der Waals surface area contributed by atoms with Crippen LogP contribution in [0.4, 0.5) is 4.39 Å². The lowest BCUT2D eigenvalue weighted by Crippen LogP contribution is -2.50. The maximum Gasteiger partial charge on any atom is 0.261 e. The van der Waals surface area contributed by atoms with Gasteiger partial charge in [-0.2, -0.15) is 0 Å². The number of pyridine rings is 1. The molecule has 2 aromatic rings. The fraction of sp³-hybridized carbons (Fsp3) is 0.294. The summed E-state index contributed by atoms with van der Waals surface area (Å²) in [7, 11) is 0. The van der Waals surface area contributed by atoms with Crippen molar-refractivity contribution in [3.05, 3.63) is 58.6 Å². The number of nitrogens with one attached hydrogen (secondary N) is 1. The number of carbonyl (C=O) groups excluding carboxylic acids is 1. The number of rotatable bonds is 4. The largest absolute Gasteiger partial charge is 0.481 e. The number of aromatic nitrogens is 1. The minimum Gasteiger partial charge on any atom is -0.481 e. The summed E-state index contributed by atoms with van der Waals surface area (Å²) in [5.74, 6) is -0.603. The number of carbonyl (C=O) groups is 1. The van der Waals surface area contributed by atoms with Crippen LogP contribution in [0.25, 0.3) is 0 Å². The van der Waals surface area contributed by atoms with E-state index in [0.717, 1.165) is 12.1 Å². The van der Waals surface area contributed by atoms with Gasteiger partial charge >= 0.3 is 0 Å². The highest BCUT2D eigenvalue weighted by molar-refractivity contribution is 9.10. The minimum absolute atomic E-state index is 0.